The van der Waals surface area contributed by atoms with Crippen molar-refractivity contribution >= 4 is 57.7 Å². The molecule has 1 fully saturated rings. The molecule has 15 heteroatoms. The molecule has 1 aromatic rings. The number of fused-ring (bicyclic) bond motifs is 1. The second-order valence-electron chi connectivity index (χ2n) is 8.89. The van der Waals surface area contributed by atoms with Gasteiger partial charge in [-0.3, -0.25) is 19.3 Å². The molecule has 0 saturated carbocycles. The van der Waals surface area contributed by atoms with Crippen LogP contribution < -0.4 is 11.1 Å². The lowest BCUT2D eigenvalue weighted by molar-refractivity contribution is -0.190. The van der Waals surface area contributed by atoms with Crippen LogP contribution in [0, 0.1) is 5.41 Å². The molecule has 2 aliphatic rings. The number of carbonyl (C=O) groups is 4. The summed E-state index contributed by atoms with van der Waals surface area (Å²) in [5, 5.41) is 15.8. The van der Waals surface area contributed by atoms with Crippen LogP contribution in [-0.2, 0) is 33.4 Å². The fourth-order valence-electron chi connectivity index (χ4n) is 3.33. The van der Waals surface area contributed by atoms with Crippen molar-refractivity contribution in [2.75, 3.05) is 25.2 Å². The number of β-lactam (4-membered cyclic amide) rings is 1. The third kappa shape index (κ3) is 5.63. The van der Waals surface area contributed by atoms with E-state index < -0.39 is 52.6 Å². The number of amides is 2. The van der Waals surface area contributed by atoms with Crippen molar-refractivity contribution in [3.8, 4) is 0 Å². The Morgan fingerprint density at radius 2 is 2.06 bits per heavy atom. The van der Waals surface area contributed by atoms with E-state index in [9.17, 15) is 24.4 Å². The zero-order valence-corrected chi connectivity index (χ0v) is 21.9. The molecular formula is C21H27N5O8S2. The van der Waals surface area contributed by atoms with E-state index in [1.807, 2.05) is 0 Å². The van der Waals surface area contributed by atoms with Crippen LogP contribution in [0.4, 0.5) is 5.13 Å². The number of thiazole rings is 1. The molecule has 0 spiro atoms. The van der Waals surface area contributed by atoms with E-state index in [0.717, 1.165) is 11.3 Å². The van der Waals surface area contributed by atoms with Gasteiger partial charge in [-0.2, -0.15) is 0 Å². The number of aromatic nitrogens is 1. The van der Waals surface area contributed by atoms with Gasteiger partial charge in [-0.1, -0.05) is 5.16 Å². The highest BCUT2D eigenvalue weighted by molar-refractivity contribution is 8.00. The maximum atomic E-state index is 13.0. The van der Waals surface area contributed by atoms with Gasteiger partial charge < -0.3 is 30.5 Å². The fourth-order valence-corrected chi connectivity index (χ4v) is 5.21. The molecule has 1 aromatic heterocycles. The van der Waals surface area contributed by atoms with Crippen LogP contribution in [0.3, 0.4) is 0 Å². The van der Waals surface area contributed by atoms with Gasteiger partial charge in [0.05, 0.1) is 12.0 Å². The number of hydrogen-bond acceptors (Lipinski definition) is 13. The normalized spacial score (nSPS) is 20.9. The largest absolute Gasteiger partial charge is 0.425 e. The van der Waals surface area contributed by atoms with E-state index in [0.29, 0.717) is 11.3 Å². The van der Waals surface area contributed by atoms with Gasteiger partial charge in [0.1, 0.15) is 22.8 Å². The maximum absolute atomic E-state index is 13.0. The number of nitrogens with one attached hydrogen (secondary N) is 1. The van der Waals surface area contributed by atoms with E-state index in [-0.39, 0.29) is 23.1 Å². The summed E-state index contributed by atoms with van der Waals surface area (Å²) in [5.41, 5.74) is 4.90. The molecular weight excluding hydrogens is 514 g/mol. The lowest BCUT2D eigenvalue weighted by Gasteiger charge is -2.49. The molecule has 3 atom stereocenters. The summed E-state index contributed by atoms with van der Waals surface area (Å²) in [4.78, 5) is 56.0. The summed E-state index contributed by atoms with van der Waals surface area (Å²) in [6.07, 6.45) is -1.20. The van der Waals surface area contributed by atoms with Crippen molar-refractivity contribution in [3.05, 3.63) is 22.3 Å². The Labute approximate surface area is 215 Å². The first kappa shape index (κ1) is 27.4. The zero-order valence-electron chi connectivity index (χ0n) is 20.3. The number of carbonyl (C=O) groups excluding carboxylic acids is 4. The molecule has 2 aliphatic heterocycles. The van der Waals surface area contributed by atoms with Gasteiger partial charge in [0.15, 0.2) is 10.8 Å². The van der Waals surface area contributed by atoms with Crippen LogP contribution >= 0.6 is 23.1 Å². The van der Waals surface area contributed by atoms with Gasteiger partial charge in [0.25, 0.3) is 11.8 Å². The molecule has 2 unspecified atom stereocenters. The molecule has 0 radical (unpaired) electrons. The van der Waals surface area contributed by atoms with E-state index in [1.54, 1.807) is 20.8 Å². The topological polar surface area (TPSA) is 183 Å². The Bertz CT molecular complexity index is 1130. The molecule has 1 saturated heterocycles. The summed E-state index contributed by atoms with van der Waals surface area (Å²) in [6, 6.07) is -1.00. The SMILES string of the molecule is COCC1=C(C(=O)OC(C)OC(=O)C(C)(C)C)N2C(=O)C(NC(=O)C(=NO)c3csc(N)n3)[C@H]2SC1. The first-order chi connectivity index (χ1) is 16.9. The molecule has 3 heterocycles. The summed E-state index contributed by atoms with van der Waals surface area (Å²) in [5.74, 6) is -2.51. The first-order valence-corrected chi connectivity index (χ1v) is 12.6. The first-order valence-electron chi connectivity index (χ1n) is 10.7. The van der Waals surface area contributed by atoms with Crippen molar-refractivity contribution in [1.82, 2.24) is 15.2 Å². The number of methoxy groups -OCH3 is 1. The van der Waals surface area contributed by atoms with Gasteiger partial charge in [-0.05, 0) is 26.3 Å². The fraction of sp³-hybridized carbons (Fsp3) is 0.524. The van der Waals surface area contributed by atoms with Crippen LogP contribution in [-0.4, -0.2) is 81.7 Å². The number of hydrogen-bond donors (Lipinski definition) is 3. The zero-order chi connectivity index (χ0) is 26.8. The summed E-state index contributed by atoms with van der Waals surface area (Å²) in [6.45, 7) is 6.45. The standard InChI is InChI=1S/C21H27N5O8S2/c1-9(34-19(30)21(2,3)4)33-18(29)14-10(6-32-5)7-35-17-13(16(28)26(14)17)24-15(27)12(25-31)11-8-36-20(22)23-11/h8-9,13,17,31H,6-7H2,1-5H3,(H2,22,23)(H,24,27)/t9?,13?,17-/m1/s1. The average Bonchev–Trinajstić information content (AvgIpc) is 3.22. The average molecular weight is 542 g/mol. The van der Waals surface area contributed by atoms with Crippen molar-refractivity contribution < 1.29 is 38.6 Å². The third-order valence-electron chi connectivity index (χ3n) is 5.08. The van der Waals surface area contributed by atoms with Gasteiger partial charge in [0, 0.05) is 25.2 Å². The van der Waals surface area contributed by atoms with E-state index >= 15 is 0 Å². The minimum absolute atomic E-state index is 0.0296. The number of nitrogens with two attached hydrogens (primary N) is 1. The molecule has 13 nitrogen and oxygen atoms in total. The van der Waals surface area contributed by atoms with Crippen molar-refractivity contribution in [2.24, 2.45) is 10.6 Å². The van der Waals surface area contributed by atoms with Crippen LogP contribution in [0.5, 0.6) is 0 Å². The van der Waals surface area contributed by atoms with E-state index in [4.69, 9.17) is 19.9 Å². The minimum Gasteiger partial charge on any atom is -0.425 e. The number of esters is 2. The Morgan fingerprint density at radius 1 is 1.36 bits per heavy atom. The predicted octanol–water partition coefficient (Wildman–Crippen LogP) is 0.683. The van der Waals surface area contributed by atoms with Crippen LogP contribution in [0.1, 0.15) is 33.4 Å². The summed E-state index contributed by atoms with van der Waals surface area (Å²) >= 11 is 2.37. The smallest absolute Gasteiger partial charge is 0.358 e. The van der Waals surface area contributed by atoms with E-state index in [2.05, 4.69) is 15.5 Å². The third-order valence-corrected chi connectivity index (χ3v) is 7.10. The quantitative estimate of drug-likeness (QED) is 0.105. The van der Waals surface area contributed by atoms with Crippen LogP contribution in [0.2, 0.25) is 0 Å². The number of thioether (sulfide) groups is 1. The Morgan fingerprint density at radius 3 is 2.61 bits per heavy atom. The number of nitrogens with zero attached hydrogens (tertiary/aromatic N) is 3. The highest BCUT2D eigenvalue weighted by atomic mass is 32.2. The van der Waals surface area contributed by atoms with Gasteiger partial charge in [-0.25, -0.2) is 9.78 Å². The molecule has 36 heavy (non-hydrogen) atoms. The Hall–Kier alpha value is -3.17. The number of ether oxygens (including phenoxy) is 3. The minimum atomic E-state index is -1.20. The van der Waals surface area contributed by atoms with Crippen LogP contribution in [0.15, 0.2) is 21.8 Å². The lowest BCUT2D eigenvalue weighted by atomic mass is 9.97. The van der Waals surface area contributed by atoms with Crippen molar-refractivity contribution in [3.63, 3.8) is 0 Å². The highest BCUT2D eigenvalue weighted by Gasteiger charge is 2.55. The summed E-state index contributed by atoms with van der Waals surface area (Å²) < 4.78 is 15.7. The second kappa shape index (κ2) is 10.8. The van der Waals surface area contributed by atoms with Gasteiger partial charge >= 0.3 is 11.9 Å². The predicted molar refractivity (Wildman–Crippen MR) is 130 cm³/mol. The van der Waals surface area contributed by atoms with Gasteiger partial charge in [0.2, 0.25) is 6.29 Å². The molecule has 0 aliphatic carbocycles. The molecule has 2 amide bonds. The van der Waals surface area contributed by atoms with Crippen LogP contribution in [0.25, 0.3) is 0 Å². The van der Waals surface area contributed by atoms with Gasteiger partial charge in [-0.15, -0.1) is 23.1 Å². The molecule has 0 bridgehead atoms. The van der Waals surface area contributed by atoms with E-state index in [1.165, 1.54) is 36.1 Å². The molecule has 0 aromatic carbocycles. The monoisotopic (exact) mass is 541 g/mol. The number of rotatable bonds is 8. The molecule has 4 N–H and O–H groups in total. The second-order valence-corrected chi connectivity index (χ2v) is 10.9. The molecule has 3 rings (SSSR count). The van der Waals surface area contributed by atoms with Crippen molar-refractivity contribution in [1.29, 1.82) is 0 Å². The maximum Gasteiger partial charge on any atom is 0.358 e. The number of anilines is 1. The highest BCUT2D eigenvalue weighted by Crippen LogP contribution is 2.41. The number of oxime groups is 1. The Kier molecular flexibility index (Phi) is 8.26. The lowest BCUT2D eigenvalue weighted by Crippen LogP contribution is -2.71. The summed E-state index contributed by atoms with van der Waals surface area (Å²) in [7, 11) is 1.45. The van der Waals surface area contributed by atoms with Crippen molar-refractivity contribution in [2.45, 2.75) is 45.4 Å². The molecule has 196 valence electrons. The Balaban J connectivity index is 1.75. The number of nitrogen functional groups attached to an aromatic ring is 1.